The van der Waals surface area contributed by atoms with Gasteiger partial charge in [0.2, 0.25) is 0 Å². The molecule has 3 heteroatoms. The van der Waals surface area contributed by atoms with Gasteiger partial charge in [0, 0.05) is 25.2 Å². The Labute approximate surface area is 103 Å². The molecule has 0 spiro atoms. The smallest absolute Gasteiger partial charge is 0.123 e. The second kappa shape index (κ2) is 5.15. The molecule has 1 aliphatic rings. The second-order valence-corrected chi connectivity index (χ2v) is 5.15. The van der Waals surface area contributed by atoms with Crippen LogP contribution >= 0.6 is 0 Å². The van der Waals surface area contributed by atoms with Crippen LogP contribution in [-0.2, 0) is 6.54 Å². The predicted octanol–water partition coefficient (Wildman–Crippen LogP) is 2.38. The summed E-state index contributed by atoms with van der Waals surface area (Å²) in [4.78, 5) is 2.43. The lowest BCUT2D eigenvalue weighted by atomic mass is 9.87. The molecule has 0 bridgehead atoms. The Hall–Kier alpha value is -0.930. The lowest BCUT2D eigenvalue weighted by molar-refractivity contribution is 0.0910. The molecule has 3 atom stereocenters. The van der Waals surface area contributed by atoms with Crippen LogP contribution in [-0.4, -0.2) is 23.5 Å². The van der Waals surface area contributed by atoms with E-state index in [1.54, 1.807) is 0 Å². The highest BCUT2D eigenvalue weighted by Gasteiger charge is 2.29. The summed E-state index contributed by atoms with van der Waals surface area (Å²) in [5, 5.41) is 0. The Morgan fingerprint density at radius 3 is 2.59 bits per heavy atom. The molecule has 94 valence electrons. The van der Waals surface area contributed by atoms with Gasteiger partial charge < -0.3 is 5.73 Å². The third-order valence-corrected chi connectivity index (χ3v) is 4.06. The van der Waals surface area contributed by atoms with E-state index in [0.717, 1.165) is 19.5 Å². The van der Waals surface area contributed by atoms with E-state index in [2.05, 4.69) is 18.7 Å². The fourth-order valence-corrected chi connectivity index (χ4v) is 2.52. The van der Waals surface area contributed by atoms with Crippen LogP contribution in [0.3, 0.4) is 0 Å². The van der Waals surface area contributed by atoms with Crippen molar-refractivity contribution in [2.45, 2.75) is 38.9 Å². The van der Waals surface area contributed by atoms with Gasteiger partial charge in [0.1, 0.15) is 5.82 Å². The van der Waals surface area contributed by atoms with Gasteiger partial charge in [-0.05, 0) is 37.0 Å². The van der Waals surface area contributed by atoms with Crippen molar-refractivity contribution in [1.29, 1.82) is 0 Å². The molecule has 0 aromatic heterocycles. The first-order valence-electron chi connectivity index (χ1n) is 6.32. The molecule has 1 heterocycles. The van der Waals surface area contributed by atoms with Gasteiger partial charge in [-0.2, -0.15) is 0 Å². The van der Waals surface area contributed by atoms with Crippen LogP contribution in [0.5, 0.6) is 0 Å². The normalized spacial score (nSPS) is 30.5. The molecular formula is C14H21FN2. The minimum Gasteiger partial charge on any atom is -0.327 e. The summed E-state index contributed by atoms with van der Waals surface area (Å²) in [6.45, 7) is 6.36. The number of likely N-dealkylation sites (tertiary alicyclic amines) is 1. The monoisotopic (exact) mass is 236 g/mol. The zero-order valence-electron chi connectivity index (χ0n) is 10.6. The maximum Gasteiger partial charge on any atom is 0.123 e. The van der Waals surface area contributed by atoms with Crippen LogP contribution in [0.4, 0.5) is 4.39 Å². The molecule has 0 amide bonds. The standard InChI is InChI=1S/C14H21FN2/c1-10-11(2)17(8-7-14(10)16)9-12-3-5-13(15)6-4-12/h3-6,10-11,14H,7-9,16H2,1-2H3. The lowest BCUT2D eigenvalue weighted by Crippen LogP contribution is -2.51. The Kier molecular flexibility index (Phi) is 3.79. The number of nitrogens with two attached hydrogens (primary N) is 1. The molecule has 0 aliphatic carbocycles. The van der Waals surface area contributed by atoms with E-state index in [1.807, 2.05) is 12.1 Å². The molecule has 1 aromatic rings. The largest absolute Gasteiger partial charge is 0.327 e. The zero-order valence-corrected chi connectivity index (χ0v) is 10.6. The van der Waals surface area contributed by atoms with Crippen LogP contribution in [0.2, 0.25) is 0 Å². The number of hydrogen-bond acceptors (Lipinski definition) is 2. The average Bonchev–Trinajstić information content (AvgIpc) is 2.33. The highest BCUT2D eigenvalue weighted by atomic mass is 19.1. The summed E-state index contributed by atoms with van der Waals surface area (Å²) in [6.07, 6.45) is 1.05. The van der Waals surface area contributed by atoms with E-state index >= 15 is 0 Å². The summed E-state index contributed by atoms with van der Waals surface area (Å²) in [7, 11) is 0. The van der Waals surface area contributed by atoms with Crippen molar-refractivity contribution in [2.24, 2.45) is 11.7 Å². The fraction of sp³-hybridized carbons (Fsp3) is 0.571. The van der Waals surface area contributed by atoms with Gasteiger partial charge in [-0.3, -0.25) is 4.90 Å². The number of hydrogen-bond donors (Lipinski definition) is 1. The average molecular weight is 236 g/mol. The molecule has 1 aliphatic heterocycles. The van der Waals surface area contributed by atoms with Gasteiger partial charge in [-0.25, -0.2) is 4.39 Å². The van der Waals surface area contributed by atoms with E-state index in [0.29, 0.717) is 18.0 Å². The predicted molar refractivity (Wildman–Crippen MR) is 68.0 cm³/mol. The summed E-state index contributed by atoms with van der Waals surface area (Å²) < 4.78 is 12.8. The minimum atomic E-state index is -0.171. The second-order valence-electron chi connectivity index (χ2n) is 5.15. The summed E-state index contributed by atoms with van der Waals surface area (Å²) >= 11 is 0. The van der Waals surface area contributed by atoms with Crippen LogP contribution < -0.4 is 5.73 Å². The van der Waals surface area contributed by atoms with Gasteiger partial charge in [0.05, 0.1) is 0 Å². The number of nitrogens with zero attached hydrogens (tertiary/aromatic N) is 1. The van der Waals surface area contributed by atoms with E-state index in [1.165, 1.54) is 17.7 Å². The number of rotatable bonds is 2. The van der Waals surface area contributed by atoms with Crippen LogP contribution in [0.25, 0.3) is 0 Å². The van der Waals surface area contributed by atoms with Crippen LogP contribution in [0.15, 0.2) is 24.3 Å². The number of benzene rings is 1. The van der Waals surface area contributed by atoms with E-state index in [-0.39, 0.29) is 5.82 Å². The Morgan fingerprint density at radius 1 is 1.29 bits per heavy atom. The third kappa shape index (κ3) is 2.85. The van der Waals surface area contributed by atoms with Crippen LogP contribution in [0, 0.1) is 11.7 Å². The van der Waals surface area contributed by atoms with Crippen molar-refractivity contribution in [3.05, 3.63) is 35.6 Å². The number of halogens is 1. The molecule has 0 saturated carbocycles. The van der Waals surface area contributed by atoms with Crippen molar-refractivity contribution in [1.82, 2.24) is 4.90 Å². The van der Waals surface area contributed by atoms with Crippen LogP contribution in [0.1, 0.15) is 25.8 Å². The molecule has 2 nitrogen and oxygen atoms in total. The third-order valence-electron chi connectivity index (χ3n) is 4.06. The van der Waals surface area contributed by atoms with Crippen molar-refractivity contribution >= 4 is 0 Å². The fourth-order valence-electron chi connectivity index (χ4n) is 2.52. The van der Waals surface area contributed by atoms with Gasteiger partial charge in [-0.15, -0.1) is 0 Å². The Balaban J connectivity index is 2.01. The summed E-state index contributed by atoms with van der Waals surface area (Å²) in [5.41, 5.74) is 7.24. The SMILES string of the molecule is CC1C(N)CCN(Cc2ccc(F)cc2)C1C. The zero-order chi connectivity index (χ0) is 12.4. The van der Waals surface area contributed by atoms with Gasteiger partial charge in [0.25, 0.3) is 0 Å². The number of piperidine rings is 1. The van der Waals surface area contributed by atoms with E-state index < -0.39 is 0 Å². The molecule has 1 saturated heterocycles. The van der Waals surface area contributed by atoms with Gasteiger partial charge in [-0.1, -0.05) is 19.1 Å². The molecule has 17 heavy (non-hydrogen) atoms. The van der Waals surface area contributed by atoms with Gasteiger partial charge in [0.15, 0.2) is 0 Å². The Bertz CT molecular complexity index is 363. The van der Waals surface area contributed by atoms with Crippen molar-refractivity contribution in [2.75, 3.05) is 6.54 Å². The molecule has 1 fully saturated rings. The molecule has 1 aromatic carbocycles. The molecule has 3 unspecified atom stereocenters. The maximum absolute atomic E-state index is 12.8. The quantitative estimate of drug-likeness (QED) is 0.854. The molecule has 2 rings (SSSR count). The van der Waals surface area contributed by atoms with Crippen molar-refractivity contribution < 1.29 is 4.39 Å². The summed E-state index contributed by atoms with van der Waals surface area (Å²) in [5.74, 6) is 0.347. The first-order chi connectivity index (χ1) is 8.08. The highest BCUT2D eigenvalue weighted by Crippen LogP contribution is 2.23. The van der Waals surface area contributed by atoms with Gasteiger partial charge >= 0.3 is 0 Å². The molecule has 2 N–H and O–H groups in total. The van der Waals surface area contributed by atoms with Crippen molar-refractivity contribution in [3.63, 3.8) is 0 Å². The van der Waals surface area contributed by atoms with Crippen molar-refractivity contribution in [3.8, 4) is 0 Å². The topological polar surface area (TPSA) is 29.3 Å². The van der Waals surface area contributed by atoms with E-state index in [9.17, 15) is 4.39 Å². The minimum absolute atomic E-state index is 0.171. The first kappa shape index (κ1) is 12.5. The first-order valence-corrected chi connectivity index (χ1v) is 6.32. The lowest BCUT2D eigenvalue weighted by Gasteiger charge is -2.41. The highest BCUT2D eigenvalue weighted by molar-refractivity contribution is 5.16. The van der Waals surface area contributed by atoms with E-state index in [4.69, 9.17) is 5.73 Å². The summed E-state index contributed by atoms with van der Waals surface area (Å²) in [6, 6.07) is 7.58. The Morgan fingerprint density at radius 2 is 1.94 bits per heavy atom. The molecule has 0 radical (unpaired) electrons. The molecular weight excluding hydrogens is 215 g/mol. The maximum atomic E-state index is 12.8.